The van der Waals surface area contributed by atoms with Gasteiger partial charge in [0.2, 0.25) is 0 Å². The molecule has 1 aliphatic rings. The van der Waals surface area contributed by atoms with Crippen molar-refractivity contribution >= 4 is 27.3 Å². The second-order valence-corrected chi connectivity index (χ2v) is 7.99. The van der Waals surface area contributed by atoms with Crippen molar-refractivity contribution in [3.63, 3.8) is 0 Å². The molecule has 0 atom stereocenters. The number of hydrogen-bond acceptors (Lipinski definition) is 4. The van der Waals surface area contributed by atoms with Gasteiger partial charge in [-0.3, -0.25) is 4.72 Å². The molecule has 3 rings (SSSR count). The third-order valence-corrected chi connectivity index (χ3v) is 5.79. The summed E-state index contributed by atoms with van der Waals surface area (Å²) < 4.78 is 33.3. The van der Waals surface area contributed by atoms with E-state index in [1.807, 2.05) is 0 Å². The highest BCUT2D eigenvalue weighted by Crippen LogP contribution is 2.47. The van der Waals surface area contributed by atoms with Crippen molar-refractivity contribution in [1.82, 2.24) is 0 Å². The first-order chi connectivity index (χ1) is 11.9. The highest BCUT2D eigenvalue weighted by atomic mass is 35.5. The molecule has 1 fully saturated rings. The van der Waals surface area contributed by atoms with Crippen molar-refractivity contribution in [3.8, 4) is 11.8 Å². The van der Waals surface area contributed by atoms with Gasteiger partial charge in [0, 0.05) is 10.7 Å². The number of sulfonamides is 1. The van der Waals surface area contributed by atoms with E-state index >= 15 is 0 Å². The first-order valence-corrected chi connectivity index (χ1v) is 9.73. The molecular formula is C18H17ClN2O3S. The molecule has 2 aromatic rings. The summed E-state index contributed by atoms with van der Waals surface area (Å²) >= 11 is 5.94. The first kappa shape index (κ1) is 17.6. The number of halogens is 1. The Labute approximate surface area is 152 Å². The van der Waals surface area contributed by atoms with Gasteiger partial charge in [-0.2, -0.15) is 5.26 Å². The van der Waals surface area contributed by atoms with Crippen molar-refractivity contribution in [3.05, 3.63) is 53.1 Å². The minimum Gasteiger partial charge on any atom is -0.492 e. The van der Waals surface area contributed by atoms with Gasteiger partial charge in [0.15, 0.2) is 0 Å². The predicted octanol–water partition coefficient (Wildman–Crippen LogP) is 4.09. The molecule has 0 unspecified atom stereocenters. The normalized spacial score (nSPS) is 15.2. The van der Waals surface area contributed by atoms with Crippen LogP contribution >= 0.6 is 11.6 Å². The van der Waals surface area contributed by atoms with Crippen molar-refractivity contribution in [2.45, 2.75) is 30.1 Å². The quantitative estimate of drug-likeness (QED) is 0.823. The van der Waals surface area contributed by atoms with Crippen LogP contribution < -0.4 is 9.46 Å². The van der Waals surface area contributed by atoms with Crippen LogP contribution in [0.1, 0.15) is 25.3 Å². The molecule has 0 saturated heterocycles. The average molecular weight is 377 g/mol. The third kappa shape index (κ3) is 3.58. The fourth-order valence-corrected chi connectivity index (χ4v) is 4.09. The Morgan fingerprint density at radius 2 is 1.92 bits per heavy atom. The maximum Gasteiger partial charge on any atom is 0.265 e. The second kappa shape index (κ2) is 6.58. The zero-order valence-corrected chi connectivity index (χ0v) is 15.2. The number of anilines is 1. The maximum atomic E-state index is 12.7. The standard InChI is InChI=1S/C18H17ClN2O3S/c1-2-24-16-8-5-14(19)11-17(16)25(22,23)21-15-6-3-13(4-7-15)18(12-20)9-10-18/h3-8,11,21H,2,9-10H2,1H3. The van der Waals surface area contributed by atoms with Crippen molar-refractivity contribution in [2.75, 3.05) is 11.3 Å². The van der Waals surface area contributed by atoms with E-state index in [9.17, 15) is 13.7 Å². The van der Waals surface area contributed by atoms with Crippen LogP contribution in [0.25, 0.3) is 0 Å². The number of nitriles is 1. The van der Waals surface area contributed by atoms with E-state index in [4.69, 9.17) is 16.3 Å². The third-order valence-electron chi connectivity index (χ3n) is 4.15. The molecule has 0 amide bonds. The summed E-state index contributed by atoms with van der Waals surface area (Å²) in [6, 6.07) is 13.7. The lowest BCUT2D eigenvalue weighted by molar-refractivity contribution is 0.331. The SMILES string of the molecule is CCOc1ccc(Cl)cc1S(=O)(=O)Nc1ccc(C2(C#N)CC2)cc1. The smallest absolute Gasteiger partial charge is 0.265 e. The van der Waals surface area contributed by atoms with E-state index in [1.165, 1.54) is 12.1 Å². The summed E-state index contributed by atoms with van der Waals surface area (Å²) in [7, 11) is -3.85. The van der Waals surface area contributed by atoms with E-state index in [1.54, 1.807) is 37.3 Å². The lowest BCUT2D eigenvalue weighted by Crippen LogP contribution is -2.15. The van der Waals surface area contributed by atoms with Crippen LogP contribution in [-0.2, 0) is 15.4 Å². The van der Waals surface area contributed by atoms with Gasteiger partial charge in [0.1, 0.15) is 10.6 Å². The first-order valence-electron chi connectivity index (χ1n) is 7.87. The van der Waals surface area contributed by atoms with Gasteiger partial charge >= 0.3 is 0 Å². The molecule has 25 heavy (non-hydrogen) atoms. The number of rotatable bonds is 6. The summed E-state index contributed by atoms with van der Waals surface area (Å²) in [6.45, 7) is 2.12. The molecule has 0 spiro atoms. The summed E-state index contributed by atoms with van der Waals surface area (Å²) in [6.07, 6.45) is 1.68. The predicted molar refractivity (Wildman–Crippen MR) is 96.4 cm³/mol. The Morgan fingerprint density at radius 1 is 1.24 bits per heavy atom. The Hall–Kier alpha value is -2.23. The molecule has 0 aliphatic heterocycles. The topological polar surface area (TPSA) is 79.2 Å². The second-order valence-electron chi connectivity index (χ2n) is 5.90. The summed E-state index contributed by atoms with van der Waals surface area (Å²) in [5.74, 6) is 0.248. The van der Waals surface area contributed by atoms with Crippen LogP contribution in [0.5, 0.6) is 5.75 Å². The average Bonchev–Trinajstić information content (AvgIpc) is 3.38. The Balaban J connectivity index is 1.87. The minimum atomic E-state index is -3.85. The van der Waals surface area contributed by atoms with Crippen molar-refractivity contribution < 1.29 is 13.2 Å². The molecule has 0 bridgehead atoms. The molecule has 1 saturated carbocycles. The molecular weight excluding hydrogens is 360 g/mol. The summed E-state index contributed by atoms with van der Waals surface area (Å²) in [4.78, 5) is -0.0124. The van der Waals surface area contributed by atoms with Crippen LogP contribution in [0, 0.1) is 11.3 Å². The highest BCUT2D eigenvalue weighted by molar-refractivity contribution is 7.92. The van der Waals surface area contributed by atoms with E-state index in [-0.39, 0.29) is 10.6 Å². The monoisotopic (exact) mass is 376 g/mol. The zero-order valence-electron chi connectivity index (χ0n) is 13.6. The van der Waals surface area contributed by atoms with Gasteiger partial charge < -0.3 is 4.74 Å². The van der Waals surface area contributed by atoms with Gasteiger partial charge in [-0.25, -0.2) is 8.42 Å². The van der Waals surface area contributed by atoms with Gasteiger partial charge in [-0.1, -0.05) is 23.7 Å². The number of benzene rings is 2. The van der Waals surface area contributed by atoms with E-state index < -0.39 is 15.4 Å². The lowest BCUT2D eigenvalue weighted by Gasteiger charge is -2.14. The van der Waals surface area contributed by atoms with Crippen LogP contribution in [0.2, 0.25) is 5.02 Å². The van der Waals surface area contributed by atoms with E-state index in [2.05, 4.69) is 10.8 Å². The van der Waals surface area contributed by atoms with E-state index in [0.29, 0.717) is 17.3 Å². The molecule has 0 heterocycles. The van der Waals surface area contributed by atoms with Gasteiger partial charge in [-0.05, 0) is 55.7 Å². The molecule has 1 aliphatic carbocycles. The van der Waals surface area contributed by atoms with Crippen LogP contribution in [-0.4, -0.2) is 15.0 Å². The van der Waals surface area contributed by atoms with Crippen LogP contribution in [0.4, 0.5) is 5.69 Å². The van der Waals surface area contributed by atoms with Gasteiger partial charge in [0.25, 0.3) is 10.0 Å². The molecule has 1 N–H and O–H groups in total. The fourth-order valence-electron chi connectivity index (χ4n) is 2.62. The number of nitrogens with zero attached hydrogens (tertiary/aromatic N) is 1. The fraction of sp³-hybridized carbons (Fsp3) is 0.278. The van der Waals surface area contributed by atoms with Crippen LogP contribution in [0.3, 0.4) is 0 Å². The molecule has 0 radical (unpaired) electrons. The lowest BCUT2D eigenvalue weighted by atomic mass is 9.98. The van der Waals surface area contributed by atoms with Gasteiger partial charge in [0.05, 0.1) is 18.1 Å². The molecule has 7 heteroatoms. The largest absolute Gasteiger partial charge is 0.492 e. The Morgan fingerprint density at radius 3 is 2.48 bits per heavy atom. The molecule has 0 aromatic heterocycles. The minimum absolute atomic E-state index is 0.0124. The number of ether oxygens (including phenoxy) is 1. The van der Waals surface area contributed by atoms with Gasteiger partial charge in [-0.15, -0.1) is 0 Å². The summed E-state index contributed by atoms with van der Waals surface area (Å²) in [5, 5.41) is 9.54. The Bertz CT molecular complexity index is 930. The highest BCUT2D eigenvalue weighted by Gasteiger charge is 2.44. The van der Waals surface area contributed by atoms with Crippen molar-refractivity contribution in [1.29, 1.82) is 5.26 Å². The zero-order chi connectivity index (χ0) is 18.1. The number of hydrogen-bond donors (Lipinski definition) is 1. The molecule has 5 nitrogen and oxygen atoms in total. The summed E-state index contributed by atoms with van der Waals surface area (Å²) in [5.41, 5.74) is 0.933. The maximum absolute atomic E-state index is 12.7. The van der Waals surface area contributed by atoms with E-state index in [0.717, 1.165) is 18.4 Å². The van der Waals surface area contributed by atoms with Crippen molar-refractivity contribution in [2.24, 2.45) is 0 Å². The molecule has 130 valence electrons. The molecule has 2 aromatic carbocycles. The van der Waals surface area contributed by atoms with Crippen LogP contribution in [0.15, 0.2) is 47.4 Å². The Kier molecular flexibility index (Phi) is 4.63. The number of nitrogens with one attached hydrogen (secondary N) is 1.